The van der Waals surface area contributed by atoms with Crippen molar-refractivity contribution in [1.82, 2.24) is 0 Å². The van der Waals surface area contributed by atoms with E-state index in [0.717, 1.165) is 12.8 Å². The molecule has 0 amide bonds. The first-order valence-corrected chi connectivity index (χ1v) is 9.90. The van der Waals surface area contributed by atoms with E-state index in [4.69, 9.17) is 14.5 Å². The van der Waals surface area contributed by atoms with E-state index in [1.54, 1.807) is 6.92 Å². The van der Waals surface area contributed by atoms with E-state index in [-0.39, 0.29) is 17.3 Å². The quantitative estimate of drug-likeness (QED) is 0.226. The van der Waals surface area contributed by atoms with Crippen molar-refractivity contribution in [1.29, 1.82) is 0 Å². The summed E-state index contributed by atoms with van der Waals surface area (Å²) in [7, 11) is 0. The molecule has 0 heterocycles. The zero-order valence-electron chi connectivity index (χ0n) is 18.5. The van der Waals surface area contributed by atoms with E-state index in [2.05, 4.69) is 39.2 Å². The second-order valence-corrected chi connectivity index (χ2v) is 10.5. The Hall–Kier alpha value is -1.31. The topological polar surface area (TPSA) is 44.8 Å². The molecule has 0 aromatic rings. The molecule has 0 spiro atoms. The molecule has 4 atom stereocenters. The minimum Gasteiger partial charge on any atom is -0.442 e. The lowest BCUT2D eigenvalue weighted by atomic mass is 9.64. The average Bonchev–Trinajstić information content (AvgIpc) is 2.99. The highest BCUT2D eigenvalue weighted by Crippen LogP contribution is 2.63. The molecule has 0 aromatic carbocycles. The van der Waals surface area contributed by atoms with Crippen molar-refractivity contribution in [2.75, 3.05) is 0 Å². The molecule has 0 aromatic heterocycles. The SMILES string of the molecule is C=C(C)C(=O)O[C@]1(C#CC(C)(C)OOC(C)(C)C)C[C@H]2C[C@H]1[C@H](C)C2(C)C. The number of esters is 1. The minimum atomic E-state index is -0.809. The first-order valence-electron chi connectivity index (χ1n) is 9.90. The van der Waals surface area contributed by atoms with Gasteiger partial charge in [0.25, 0.3) is 0 Å². The van der Waals surface area contributed by atoms with Gasteiger partial charge in [-0.15, -0.1) is 0 Å². The molecule has 152 valence electrons. The Kier molecular flexibility index (Phi) is 5.65. The Morgan fingerprint density at radius 3 is 2.19 bits per heavy atom. The standard InChI is InChI=1S/C23H36O4/c1-15(2)19(24)25-23(12-11-21(7,8)27-26-20(4,5)6)14-17-13-18(23)16(3)22(17,9)10/h16-18H,1,13-14H2,2-10H3/t16-,17+,18-,23+/m0/s1. The van der Waals surface area contributed by atoms with E-state index in [1.165, 1.54) is 0 Å². The van der Waals surface area contributed by atoms with Crippen LogP contribution in [-0.4, -0.2) is 22.8 Å². The van der Waals surface area contributed by atoms with Crippen LogP contribution in [0.4, 0.5) is 0 Å². The molecule has 2 aliphatic carbocycles. The van der Waals surface area contributed by atoms with Crippen LogP contribution in [-0.2, 0) is 19.3 Å². The van der Waals surface area contributed by atoms with Gasteiger partial charge in [0.05, 0.1) is 5.60 Å². The van der Waals surface area contributed by atoms with Crippen LogP contribution in [0.25, 0.3) is 0 Å². The summed E-state index contributed by atoms with van der Waals surface area (Å²) in [5, 5.41) is 0. The van der Waals surface area contributed by atoms with E-state index in [9.17, 15) is 4.79 Å². The van der Waals surface area contributed by atoms with Crippen molar-refractivity contribution >= 4 is 5.97 Å². The predicted octanol–water partition coefficient (Wildman–Crippen LogP) is 5.08. The van der Waals surface area contributed by atoms with Gasteiger partial charge in [-0.2, -0.15) is 0 Å². The van der Waals surface area contributed by atoms with Crippen molar-refractivity contribution in [2.24, 2.45) is 23.2 Å². The molecule has 4 nitrogen and oxygen atoms in total. The summed E-state index contributed by atoms with van der Waals surface area (Å²) in [5.41, 5.74) is -1.38. The second kappa shape index (κ2) is 6.94. The van der Waals surface area contributed by atoms with Crippen molar-refractivity contribution in [3.63, 3.8) is 0 Å². The summed E-state index contributed by atoms with van der Waals surface area (Å²) < 4.78 is 5.99. The minimum absolute atomic E-state index is 0.215. The zero-order chi connectivity index (χ0) is 20.8. The molecule has 0 saturated heterocycles. The molecule has 0 N–H and O–H groups in total. The zero-order valence-corrected chi connectivity index (χ0v) is 18.5. The van der Waals surface area contributed by atoms with Gasteiger partial charge in [0, 0.05) is 17.9 Å². The number of carbonyl (C=O) groups is 1. The number of ether oxygens (including phenoxy) is 1. The van der Waals surface area contributed by atoms with Crippen LogP contribution in [0.5, 0.6) is 0 Å². The molecule has 2 fully saturated rings. The summed E-state index contributed by atoms with van der Waals surface area (Å²) in [5.74, 6) is 7.25. The first kappa shape index (κ1) is 22.0. The van der Waals surface area contributed by atoms with Crippen LogP contribution in [0.3, 0.4) is 0 Å². The van der Waals surface area contributed by atoms with Gasteiger partial charge >= 0.3 is 5.97 Å². The highest BCUT2D eigenvalue weighted by atomic mass is 17.2. The lowest BCUT2D eigenvalue weighted by molar-refractivity contribution is -0.384. The number of rotatable bonds is 4. The Balaban J connectivity index is 2.32. The van der Waals surface area contributed by atoms with Crippen LogP contribution in [0.15, 0.2) is 12.2 Å². The number of carbonyl (C=O) groups excluding carboxylic acids is 1. The molecule has 2 saturated carbocycles. The number of fused-ring (bicyclic) bond motifs is 2. The molecule has 0 radical (unpaired) electrons. The van der Waals surface area contributed by atoms with Gasteiger partial charge in [-0.3, -0.25) is 0 Å². The Labute approximate surface area is 164 Å². The Morgan fingerprint density at radius 1 is 1.15 bits per heavy atom. The molecular formula is C23H36O4. The monoisotopic (exact) mass is 376 g/mol. The Morgan fingerprint density at radius 2 is 1.74 bits per heavy atom. The normalized spacial score (nSPS) is 32.0. The van der Waals surface area contributed by atoms with E-state index in [1.807, 2.05) is 34.6 Å². The second-order valence-electron chi connectivity index (χ2n) is 10.5. The maximum atomic E-state index is 12.4. The molecule has 2 bridgehead atoms. The fourth-order valence-corrected chi connectivity index (χ4v) is 4.21. The van der Waals surface area contributed by atoms with Crippen LogP contribution < -0.4 is 0 Å². The molecule has 2 rings (SSSR count). The van der Waals surface area contributed by atoms with Crippen LogP contribution >= 0.6 is 0 Å². The van der Waals surface area contributed by atoms with Gasteiger partial charge in [0.1, 0.15) is 0 Å². The van der Waals surface area contributed by atoms with Crippen molar-refractivity contribution < 1.29 is 19.3 Å². The largest absolute Gasteiger partial charge is 0.442 e. The third-order valence-corrected chi connectivity index (χ3v) is 6.21. The van der Waals surface area contributed by atoms with Gasteiger partial charge < -0.3 is 4.74 Å². The van der Waals surface area contributed by atoms with E-state index < -0.39 is 16.8 Å². The summed E-state index contributed by atoms with van der Waals surface area (Å²) >= 11 is 0. The van der Waals surface area contributed by atoms with Gasteiger partial charge in [0.2, 0.25) is 0 Å². The van der Waals surface area contributed by atoms with Crippen molar-refractivity contribution in [3.8, 4) is 11.8 Å². The highest BCUT2D eigenvalue weighted by Gasteiger charge is 2.63. The molecule has 0 unspecified atom stereocenters. The summed E-state index contributed by atoms with van der Waals surface area (Å²) in [6.07, 6.45) is 1.79. The average molecular weight is 377 g/mol. The lowest BCUT2D eigenvalue weighted by Crippen LogP contribution is -2.47. The third-order valence-electron chi connectivity index (χ3n) is 6.21. The number of hydrogen-bond donors (Lipinski definition) is 0. The number of hydrogen-bond acceptors (Lipinski definition) is 4. The summed E-state index contributed by atoms with van der Waals surface area (Å²) in [6.45, 7) is 21.8. The maximum Gasteiger partial charge on any atom is 0.334 e. The van der Waals surface area contributed by atoms with Gasteiger partial charge in [0.15, 0.2) is 11.2 Å². The van der Waals surface area contributed by atoms with Crippen molar-refractivity contribution in [3.05, 3.63) is 12.2 Å². The van der Waals surface area contributed by atoms with Gasteiger partial charge in [-0.25, -0.2) is 14.6 Å². The highest BCUT2D eigenvalue weighted by molar-refractivity contribution is 5.87. The summed E-state index contributed by atoms with van der Waals surface area (Å²) in [6, 6.07) is 0. The Bertz CT molecular complexity index is 667. The first-order chi connectivity index (χ1) is 12.1. The smallest absolute Gasteiger partial charge is 0.334 e. The molecular weight excluding hydrogens is 340 g/mol. The molecule has 2 aliphatic rings. The van der Waals surface area contributed by atoms with Gasteiger partial charge in [-0.05, 0) is 65.2 Å². The predicted molar refractivity (Wildman–Crippen MR) is 107 cm³/mol. The fraction of sp³-hybridized carbons (Fsp3) is 0.783. The van der Waals surface area contributed by atoms with Gasteiger partial charge in [-0.1, -0.05) is 39.2 Å². The summed E-state index contributed by atoms with van der Waals surface area (Å²) in [4.78, 5) is 23.4. The fourth-order valence-electron chi connectivity index (χ4n) is 4.21. The van der Waals surface area contributed by atoms with Crippen LogP contribution in [0.1, 0.15) is 75.2 Å². The third kappa shape index (κ3) is 4.58. The molecule has 4 heteroatoms. The van der Waals surface area contributed by atoms with E-state index in [0.29, 0.717) is 17.4 Å². The molecule has 0 aliphatic heterocycles. The van der Waals surface area contributed by atoms with Crippen LogP contribution in [0, 0.1) is 35.0 Å². The van der Waals surface area contributed by atoms with Crippen LogP contribution in [0.2, 0.25) is 0 Å². The van der Waals surface area contributed by atoms with E-state index >= 15 is 0 Å². The van der Waals surface area contributed by atoms with Crippen molar-refractivity contribution in [2.45, 2.75) is 92.0 Å². The maximum absolute atomic E-state index is 12.4. The molecule has 27 heavy (non-hydrogen) atoms. The lowest BCUT2D eigenvalue weighted by Gasteiger charge is -2.44.